The molecule has 1 aromatic heterocycles. The van der Waals surface area contributed by atoms with Crippen LogP contribution in [0.25, 0.3) is 11.4 Å². The molecule has 1 heterocycles. The highest BCUT2D eigenvalue weighted by atomic mass is 19.1. The van der Waals surface area contributed by atoms with Crippen molar-refractivity contribution in [1.29, 1.82) is 5.26 Å². The van der Waals surface area contributed by atoms with E-state index in [0.717, 1.165) is 30.0 Å². The van der Waals surface area contributed by atoms with Crippen molar-refractivity contribution in [3.63, 3.8) is 0 Å². The number of nitrogens with zero attached hydrogens (tertiary/aromatic N) is 3. The molecule has 0 saturated carbocycles. The minimum absolute atomic E-state index is 0.156. The Hall–Kier alpha value is -3.59. The highest BCUT2D eigenvalue weighted by molar-refractivity contribution is 5.91. The minimum atomic E-state index is -0.763. The van der Waals surface area contributed by atoms with Gasteiger partial charge in [-0.3, -0.25) is 0 Å². The van der Waals surface area contributed by atoms with E-state index in [1.807, 2.05) is 18.5 Å². The van der Waals surface area contributed by atoms with Crippen molar-refractivity contribution in [3.8, 4) is 23.2 Å². The molecule has 0 atom stereocenters. The molecule has 29 heavy (non-hydrogen) atoms. The van der Waals surface area contributed by atoms with Crippen LogP contribution < -0.4 is 4.74 Å². The normalized spacial score (nSPS) is 10.4. The van der Waals surface area contributed by atoms with Crippen LogP contribution in [0, 0.1) is 17.1 Å². The lowest BCUT2D eigenvalue weighted by molar-refractivity contribution is 0.0728. The second-order valence-electron chi connectivity index (χ2n) is 6.60. The Balaban J connectivity index is 1.66. The number of hydrogen-bond donors (Lipinski definition) is 0. The highest BCUT2D eigenvalue weighted by Gasteiger charge is 2.13. The summed E-state index contributed by atoms with van der Waals surface area (Å²) in [5.74, 6) is -1.10. The van der Waals surface area contributed by atoms with Crippen LogP contribution in [0.2, 0.25) is 0 Å². The number of esters is 1. The van der Waals surface area contributed by atoms with Gasteiger partial charge in [-0.05, 0) is 48.7 Å². The van der Waals surface area contributed by atoms with E-state index < -0.39 is 11.8 Å². The minimum Gasteiger partial charge on any atom is -0.420 e. The van der Waals surface area contributed by atoms with Crippen molar-refractivity contribution in [3.05, 3.63) is 77.4 Å². The van der Waals surface area contributed by atoms with Gasteiger partial charge in [0.1, 0.15) is 0 Å². The fourth-order valence-electron chi connectivity index (χ4n) is 2.78. The number of halogens is 1. The highest BCUT2D eigenvalue weighted by Crippen LogP contribution is 2.21. The second-order valence-corrected chi connectivity index (χ2v) is 6.60. The predicted octanol–water partition coefficient (Wildman–Crippen LogP) is 5.11. The molecule has 0 aliphatic carbocycles. The van der Waals surface area contributed by atoms with Gasteiger partial charge in [0.2, 0.25) is 0 Å². The first kappa shape index (κ1) is 20.2. The molecule has 0 spiro atoms. The predicted molar refractivity (Wildman–Crippen MR) is 107 cm³/mol. The SMILES string of the molecule is CCCCCc1cnc(-c2ccc(C(=O)Oc3ccc(C#N)cc3F)cc2)nc1. The number of ether oxygens (including phenoxy) is 1. The third-order valence-electron chi connectivity index (χ3n) is 4.42. The summed E-state index contributed by atoms with van der Waals surface area (Å²) in [6.45, 7) is 2.17. The van der Waals surface area contributed by atoms with Crippen LogP contribution in [-0.4, -0.2) is 15.9 Å². The maximum atomic E-state index is 13.9. The average molecular weight is 389 g/mol. The summed E-state index contributed by atoms with van der Waals surface area (Å²) in [4.78, 5) is 21.0. The quantitative estimate of drug-likeness (QED) is 0.319. The van der Waals surface area contributed by atoms with Gasteiger partial charge in [-0.25, -0.2) is 19.2 Å². The Morgan fingerprint density at radius 2 is 1.83 bits per heavy atom. The van der Waals surface area contributed by atoms with Crippen molar-refractivity contribution in [2.75, 3.05) is 0 Å². The fourth-order valence-corrected chi connectivity index (χ4v) is 2.78. The zero-order valence-corrected chi connectivity index (χ0v) is 16.1. The summed E-state index contributed by atoms with van der Waals surface area (Å²) >= 11 is 0. The van der Waals surface area contributed by atoms with E-state index in [1.54, 1.807) is 24.3 Å². The summed E-state index contributed by atoms with van der Waals surface area (Å²) in [7, 11) is 0. The largest absolute Gasteiger partial charge is 0.420 e. The second kappa shape index (κ2) is 9.56. The van der Waals surface area contributed by atoms with Gasteiger partial charge in [0.15, 0.2) is 17.4 Å². The van der Waals surface area contributed by atoms with Gasteiger partial charge < -0.3 is 4.74 Å². The molecule has 3 aromatic rings. The number of carbonyl (C=O) groups is 1. The molecule has 3 rings (SSSR count). The zero-order chi connectivity index (χ0) is 20.6. The molecule has 2 aromatic carbocycles. The Kier molecular flexibility index (Phi) is 6.64. The number of unbranched alkanes of at least 4 members (excludes halogenated alkanes) is 2. The van der Waals surface area contributed by atoms with Crippen molar-refractivity contribution in [2.24, 2.45) is 0 Å². The molecular formula is C23H20FN3O2. The summed E-state index contributed by atoms with van der Waals surface area (Å²) in [6.07, 6.45) is 8.10. The Bertz CT molecular complexity index is 1030. The van der Waals surface area contributed by atoms with E-state index in [9.17, 15) is 9.18 Å². The van der Waals surface area contributed by atoms with Crippen molar-refractivity contribution in [1.82, 2.24) is 9.97 Å². The molecule has 0 aliphatic heterocycles. The average Bonchev–Trinajstić information content (AvgIpc) is 2.76. The fraction of sp³-hybridized carbons (Fsp3) is 0.217. The topological polar surface area (TPSA) is 75.9 Å². The molecular weight excluding hydrogens is 369 g/mol. The molecule has 0 fully saturated rings. The van der Waals surface area contributed by atoms with Gasteiger partial charge in [0.25, 0.3) is 0 Å². The lowest BCUT2D eigenvalue weighted by Crippen LogP contribution is -2.09. The number of aromatic nitrogens is 2. The monoisotopic (exact) mass is 389 g/mol. The first-order valence-electron chi connectivity index (χ1n) is 9.44. The van der Waals surface area contributed by atoms with E-state index >= 15 is 0 Å². The smallest absolute Gasteiger partial charge is 0.343 e. The van der Waals surface area contributed by atoms with E-state index in [2.05, 4.69) is 16.9 Å². The molecule has 0 bridgehead atoms. The van der Waals surface area contributed by atoms with Crippen LogP contribution in [0.4, 0.5) is 4.39 Å². The Labute approximate surface area is 168 Å². The van der Waals surface area contributed by atoms with Crippen LogP contribution in [0.1, 0.15) is 47.7 Å². The van der Waals surface area contributed by atoms with Gasteiger partial charge in [0.05, 0.1) is 17.2 Å². The maximum absolute atomic E-state index is 13.9. The number of aryl methyl sites for hydroxylation is 1. The molecule has 0 saturated heterocycles. The van der Waals surface area contributed by atoms with E-state index in [0.29, 0.717) is 5.82 Å². The summed E-state index contributed by atoms with van der Waals surface area (Å²) in [5.41, 5.74) is 2.30. The number of nitriles is 1. The van der Waals surface area contributed by atoms with E-state index in [1.165, 1.54) is 25.0 Å². The molecule has 0 unspecified atom stereocenters. The molecule has 0 N–H and O–H groups in total. The Morgan fingerprint density at radius 3 is 2.45 bits per heavy atom. The summed E-state index contributed by atoms with van der Waals surface area (Å²) in [6, 6.07) is 12.1. The summed E-state index contributed by atoms with van der Waals surface area (Å²) < 4.78 is 19.0. The Morgan fingerprint density at radius 1 is 1.10 bits per heavy atom. The molecule has 0 aliphatic rings. The zero-order valence-electron chi connectivity index (χ0n) is 16.1. The first-order valence-corrected chi connectivity index (χ1v) is 9.44. The molecule has 146 valence electrons. The number of rotatable bonds is 7. The van der Waals surface area contributed by atoms with Gasteiger partial charge in [-0.15, -0.1) is 0 Å². The third kappa shape index (κ3) is 5.23. The van der Waals surface area contributed by atoms with E-state index in [4.69, 9.17) is 10.00 Å². The standard InChI is InChI=1S/C23H20FN3O2/c1-2-3-4-5-17-14-26-22(27-15-17)18-7-9-19(10-8-18)23(28)29-21-11-6-16(13-25)12-20(21)24/h6-12,14-15H,2-5H2,1H3. The van der Waals surface area contributed by atoms with Gasteiger partial charge >= 0.3 is 5.97 Å². The third-order valence-corrected chi connectivity index (χ3v) is 4.42. The number of hydrogen-bond acceptors (Lipinski definition) is 5. The van der Waals surface area contributed by atoms with Gasteiger partial charge in [0, 0.05) is 18.0 Å². The number of benzene rings is 2. The lowest BCUT2D eigenvalue weighted by atomic mass is 10.1. The van der Waals surface area contributed by atoms with Crippen molar-refractivity contribution < 1.29 is 13.9 Å². The van der Waals surface area contributed by atoms with Gasteiger partial charge in [-0.2, -0.15) is 5.26 Å². The maximum Gasteiger partial charge on any atom is 0.343 e. The van der Waals surface area contributed by atoms with Crippen molar-refractivity contribution in [2.45, 2.75) is 32.6 Å². The molecule has 6 heteroatoms. The lowest BCUT2D eigenvalue weighted by Gasteiger charge is -2.07. The molecule has 0 amide bonds. The number of carbonyl (C=O) groups excluding carboxylic acids is 1. The van der Waals surface area contributed by atoms with Gasteiger partial charge in [-0.1, -0.05) is 31.9 Å². The van der Waals surface area contributed by atoms with Crippen LogP contribution >= 0.6 is 0 Å². The first-order chi connectivity index (χ1) is 14.1. The van der Waals surface area contributed by atoms with Crippen LogP contribution in [-0.2, 0) is 6.42 Å². The molecule has 0 radical (unpaired) electrons. The van der Waals surface area contributed by atoms with Crippen LogP contribution in [0.3, 0.4) is 0 Å². The summed E-state index contributed by atoms with van der Waals surface area (Å²) in [5, 5.41) is 8.76. The van der Waals surface area contributed by atoms with Crippen molar-refractivity contribution >= 4 is 5.97 Å². The van der Waals surface area contributed by atoms with Crippen LogP contribution in [0.5, 0.6) is 5.75 Å². The molecule has 5 nitrogen and oxygen atoms in total. The van der Waals surface area contributed by atoms with Crippen LogP contribution in [0.15, 0.2) is 54.9 Å². The van der Waals surface area contributed by atoms with E-state index in [-0.39, 0.29) is 16.9 Å².